The third-order valence-corrected chi connectivity index (χ3v) is 6.51. The Morgan fingerprint density at radius 1 is 1.14 bits per heavy atom. The molecule has 144 valence electrons. The van der Waals surface area contributed by atoms with E-state index in [9.17, 15) is 8.42 Å². The van der Waals surface area contributed by atoms with E-state index < -0.39 is 16.4 Å². The van der Waals surface area contributed by atoms with E-state index in [1.807, 2.05) is 29.0 Å². The quantitative estimate of drug-likeness (QED) is 0.476. The molecule has 0 radical (unpaired) electrons. The standard InChI is InChI=1S/C18H17N5O3S2/c24-7-9-28(25,26)15-3-1-2-13(10-15)11-19-16-4-5-17-20-21-18(23(17)22-16)14-6-8-27-12-14/h1-6,8,10,12,24H,7,9,11H2,(H,19,22). The van der Waals surface area contributed by atoms with Crippen LogP contribution in [0.3, 0.4) is 0 Å². The van der Waals surface area contributed by atoms with Crippen LogP contribution in [0.25, 0.3) is 17.0 Å². The highest BCUT2D eigenvalue weighted by Gasteiger charge is 2.14. The first-order chi connectivity index (χ1) is 13.6. The molecule has 0 saturated heterocycles. The number of nitrogens with zero attached hydrogens (tertiary/aromatic N) is 4. The van der Waals surface area contributed by atoms with Crippen LogP contribution >= 0.6 is 11.3 Å². The number of rotatable bonds is 7. The Hall–Kier alpha value is -2.82. The van der Waals surface area contributed by atoms with Crippen molar-refractivity contribution in [1.82, 2.24) is 19.8 Å². The first-order valence-electron chi connectivity index (χ1n) is 8.48. The third kappa shape index (κ3) is 3.75. The molecule has 8 nitrogen and oxygen atoms in total. The average Bonchev–Trinajstić information content (AvgIpc) is 3.35. The molecule has 0 aliphatic carbocycles. The van der Waals surface area contributed by atoms with Crippen molar-refractivity contribution in [3.8, 4) is 11.4 Å². The minimum absolute atomic E-state index is 0.197. The van der Waals surface area contributed by atoms with E-state index in [0.29, 0.717) is 23.8 Å². The SMILES string of the molecule is O=S(=O)(CCO)c1cccc(CNc2ccc3nnc(-c4ccsc4)n3n2)c1. The van der Waals surface area contributed by atoms with Gasteiger partial charge in [-0.15, -0.1) is 15.3 Å². The second-order valence-electron chi connectivity index (χ2n) is 6.07. The molecule has 4 aromatic rings. The van der Waals surface area contributed by atoms with Crippen LogP contribution in [0.5, 0.6) is 0 Å². The fourth-order valence-electron chi connectivity index (χ4n) is 2.73. The second-order valence-corrected chi connectivity index (χ2v) is 8.96. The summed E-state index contributed by atoms with van der Waals surface area (Å²) in [6, 6.07) is 12.2. The topological polar surface area (TPSA) is 109 Å². The molecule has 3 aromatic heterocycles. The molecule has 0 bridgehead atoms. The van der Waals surface area contributed by atoms with E-state index in [1.165, 1.54) is 6.07 Å². The van der Waals surface area contributed by atoms with Gasteiger partial charge in [-0.25, -0.2) is 8.42 Å². The van der Waals surface area contributed by atoms with Crippen molar-refractivity contribution in [3.05, 3.63) is 58.8 Å². The fraction of sp³-hybridized carbons (Fsp3) is 0.167. The lowest BCUT2D eigenvalue weighted by atomic mass is 10.2. The number of aliphatic hydroxyl groups excluding tert-OH is 1. The smallest absolute Gasteiger partial charge is 0.186 e. The van der Waals surface area contributed by atoms with Crippen molar-refractivity contribution in [2.24, 2.45) is 0 Å². The van der Waals surface area contributed by atoms with Crippen molar-refractivity contribution in [2.45, 2.75) is 11.4 Å². The summed E-state index contributed by atoms with van der Waals surface area (Å²) in [4.78, 5) is 0.197. The molecule has 0 amide bonds. The van der Waals surface area contributed by atoms with Crippen LogP contribution in [0, 0.1) is 0 Å². The summed E-state index contributed by atoms with van der Waals surface area (Å²) in [5.74, 6) is 0.991. The predicted molar refractivity (Wildman–Crippen MR) is 107 cm³/mol. The summed E-state index contributed by atoms with van der Waals surface area (Å²) in [5.41, 5.74) is 2.38. The zero-order valence-electron chi connectivity index (χ0n) is 14.7. The van der Waals surface area contributed by atoms with Crippen molar-refractivity contribution in [1.29, 1.82) is 0 Å². The number of aliphatic hydroxyl groups is 1. The number of hydrogen-bond acceptors (Lipinski definition) is 8. The Kier molecular flexibility index (Phi) is 5.07. The van der Waals surface area contributed by atoms with Gasteiger partial charge in [-0.05, 0) is 41.3 Å². The highest BCUT2D eigenvalue weighted by molar-refractivity contribution is 7.91. The molecule has 0 aliphatic heterocycles. The van der Waals surface area contributed by atoms with Crippen LogP contribution in [-0.2, 0) is 16.4 Å². The van der Waals surface area contributed by atoms with Gasteiger partial charge in [-0.3, -0.25) is 0 Å². The molecule has 0 aliphatic rings. The molecule has 0 spiro atoms. The Balaban J connectivity index is 1.56. The van der Waals surface area contributed by atoms with E-state index in [4.69, 9.17) is 5.11 Å². The molecule has 4 rings (SSSR count). The zero-order valence-corrected chi connectivity index (χ0v) is 16.3. The molecule has 0 fully saturated rings. The first kappa shape index (κ1) is 18.5. The maximum Gasteiger partial charge on any atom is 0.186 e. The average molecular weight is 416 g/mol. The van der Waals surface area contributed by atoms with E-state index in [1.54, 1.807) is 34.1 Å². The summed E-state index contributed by atoms with van der Waals surface area (Å²) < 4.78 is 25.9. The van der Waals surface area contributed by atoms with Crippen LogP contribution in [0.1, 0.15) is 5.56 Å². The monoisotopic (exact) mass is 415 g/mol. The Bertz CT molecular complexity index is 1200. The Labute approximate surface area is 165 Å². The molecule has 10 heteroatoms. The summed E-state index contributed by atoms with van der Waals surface area (Å²) in [6.45, 7) is -0.00293. The van der Waals surface area contributed by atoms with Crippen LogP contribution in [0.2, 0.25) is 0 Å². The van der Waals surface area contributed by atoms with Gasteiger partial charge in [0.15, 0.2) is 21.3 Å². The molecule has 2 N–H and O–H groups in total. The van der Waals surface area contributed by atoms with Gasteiger partial charge in [0.05, 0.1) is 17.3 Å². The van der Waals surface area contributed by atoms with Gasteiger partial charge in [-0.1, -0.05) is 12.1 Å². The number of aromatic nitrogens is 4. The van der Waals surface area contributed by atoms with Gasteiger partial charge in [0.1, 0.15) is 5.82 Å². The first-order valence-corrected chi connectivity index (χ1v) is 11.1. The molecular formula is C18H17N5O3S2. The predicted octanol–water partition coefficient (Wildman–Crippen LogP) is 2.23. The minimum atomic E-state index is -3.48. The number of hydrogen-bond donors (Lipinski definition) is 2. The Morgan fingerprint density at radius 3 is 2.82 bits per heavy atom. The van der Waals surface area contributed by atoms with E-state index in [-0.39, 0.29) is 10.6 Å². The van der Waals surface area contributed by atoms with Crippen LogP contribution in [0.15, 0.2) is 58.1 Å². The van der Waals surface area contributed by atoms with E-state index >= 15 is 0 Å². The highest BCUT2D eigenvalue weighted by Crippen LogP contribution is 2.21. The third-order valence-electron chi connectivity index (χ3n) is 4.13. The number of thiophene rings is 1. The zero-order chi connectivity index (χ0) is 19.6. The molecule has 0 unspecified atom stereocenters. The summed E-state index contributed by atoms with van der Waals surface area (Å²) >= 11 is 1.58. The molecule has 0 atom stereocenters. The van der Waals surface area contributed by atoms with Crippen LogP contribution in [0.4, 0.5) is 5.82 Å². The largest absolute Gasteiger partial charge is 0.395 e. The van der Waals surface area contributed by atoms with Crippen molar-refractivity contribution in [3.63, 3.8) is 0 Å². The van der Waals surface area contributed by atoms with Crippen molar-refractivity contribution >= 4 is 32.6 Å². The van der Waals surface area contributed by atoms with Gasteiger partial charge < -0.3 is 10.4 Å². The molecule has 28 heavy (non-hydrogen) atoms. The number of anilines is 1. The highest BCUT2D eigenvalue weighted by atomic mass is 32.2. The lowest BCUT2D eigenvalue weighted by molar-refractivity contribution is 0.319. The van der Waals surface area contributed by atoms with Crippen molar-refractivity contribution in [2.75, 3.05) is 17.7 Å². The summed E-state index contributed by atoms with van der Waals surface area (Å²) in [6.07, 6.45) is 0. The summed E-state index contributed by atoms with van der Waals surface area (Å²) in [5, 5.41) is 28.9. The Morgan fingerprint density at radius 2 is 2.04 bits per heavy atom. The van der Waals surface area contributed by atoms with Crippen LogP contribution in [-0.4, -0.2) is 45.7 Å². The van der Waals surface area contributed by atoms with Crippen molar-refractivity contribution < 1.29 is 13.5 Å². The maximum atomic E-state index is 12.1. The number of benzene rings is 1. The van der Waals surface area contributed by atoms with Crippen LogP contribution < -0.4 is 5.32 Å². The number of sulfone groups is 1. The fourth-order valence-corrected chi connectivity index (χ4v) is 4.46. The lowest BCUT2D eigenvalue weighted by Gasteiger charge is -2.08. The molecule has 1 aromatic carbocycles. The lowest BCUT2D eigenvalue weighted by Crippen LogP contribution is -2.11. The molecular weight excluding hydrogens is 398 g/mol. The maximum absolute atomic E-state index is 12.1. The molecule has 3 heterocycles. The van der Waals surface area contributed by atoms with Gasteiger partial charge in [-0.2, -0.15) is 15.9 Å². The van der Waals surface area contributed by atoms with Gasteiger partial charge >= 0.3 is 0 Å². The normalized spacial score (nSPS) is 11.8. The number of fused-ring (bicyclic) bond motifs is 1. The van der Waals surface area contributed by atoms with E-state index in [2.05, 4.69) is 20.6 Å². The van der Waals surface area contributed by atoms with Gasteiger partial charge in [0.25, 0.3) is 0 Å². The van der Waals surface area contributed by atoms with Gasteiger partial charge in [0.2, 0.25) is 0 Å². The summed E-state index contributed by atoms with van der Waals surface area (Å²) in [7, 11) is -3.48. The van der Waals surface area contributed by atoms with E-state index in [0.717, 1.165) is 11.1 Å². The minimum Gasteiger partial charge on any atom is -0.395 e. The molecule has 0 saturated carbocycles. The second kappa shape index (κ2) is 7.66. The van der Waals surface area contributed by atoms with Gasteiger partial charge in [0, 0.05) is 17.5 Å². The number of nitrogens with one attached hydrogen (secondary N) is 1.